The van der Waals surface area contributed by atoms with Crippen LogP contribution in [0.25, 0.3) is 11.0 Å². The summed E-state index contributed by atoms with van der Waals surface area (Å²) in [6.45, 7) is 4.87. The predicted molar refractivity (Wildman–Crippen MR) is 144 cm³/mol. The van der Waals surface area contributed by atoms with Gasteiger partial charge in [0.25, 0.3) is 5.91 Å². The summed E-state index contributed by atoms with van der Waals surface area (Å²) in [6, 6.07) is 17.3. The average Bonchev–Trinajstić information content (AvgIpc) is 3.36. The average molecular weight is 527 g/mol. The lowest BCUT2D eigenvalue weighted by atomic mass is 9.83. The van der Waals surface area contributed by atoms with Crippen LogP contribution in [-0.2, 0) is 29.0 Å². The molecular formula is C30H30N4O5. The lowest BCUT2D eigenvalue weighted by Crippen LogP contribution is -2.36. The summed E-state index contributed by atoms with van der Waals surface area (Å²) in [5, 5.41) is 18.6. The molecule has 39 heavy (non-hydrogen) atoms. The second kappa shape index (κ2) is 10.5. The molecular weight excluding hydrogens is 496 g/mol. The number of carboxylic acid groups (broad SMARTS) is 1. The smallest absolute Gasteiger partial charge is 0.304 e. The van der Waals surface area contributed by atoms with Crippen molar-refractivity contribution in [2.24, 2.45) is 0 Å². The highest BCUT2D eigenvalue weighted by Crippen LogP contribution is 2.35. The zero-order chi connectivity index (χ0) is 26.9. The third kappa shape index (κ3) is 4.97. The Hall–Kier alpha value is -4.24. The molecule has 0 saturated carbocycles. The molecule has 6 heterocycles. The Kier molecular flexibility index (Phi) is 6.74. The second-order valence-corrected chi connectivity index (χ2v) is 10.1. The third-order valence-corrected chi connectivity index (χ3v) is 7.71. The number of aryl methyl sites for hydroxylation is 1. The van der Waals surface area contributed by atoms with Crippen molar-refractivity contribution < 1.29 is 24.2 Å². The van der Waals surface area contributed by atoms with Crippen molar-refractivity contribution in [2.75, 3.05) is 26.4 Å². The van der Waals surface area contributed by atoms with Crippen molar-refractivity contribution in [1.29, 1.82) is 0 Å². The minimum absolute atomic E-state index is 0.0328. The molecule has 9 heteroatoms. The maximum absolute atomic E-state index is 13.3. The van der Waals surface area contributed by atoms with Crippen molar-refractivity contribution in [3.05, 3.63) is 88.0 Å². The molecule has 200 valence electrons. The van der Waals surface area contributed by atoms with E-state index in [2.05, 4.69) is 22.4 Å². The number of carbonyl (C=O) groups excluding carboxylic acids is 1. The van der Waals surface area contributed by atoms with Gasteiger partial charge in [-0.2, -0.15) is 0 Å². The van der Waals surface area contributed by atoms with Crippen LogP contribution in [0.1, 0.15) is 50.5 Å². The lowest BCUT2D eigenvalue weighted by molar-refractivity contribution is -0.137. The van der Waals surface area contributed by atoms with E-state index >= 15 is 0 Å². The molecule has 1 unspecified atom stereocenters. The third-order valence-electron chi connectivity index (χ3n) is 7.71. The van der Waals surface area contributed by atoms with Gasteiger partial charge in [0.15, 0.2) is 0 Å². The van der Waals surface area contributed by atoms with Gasteiger partial charge in [-0.25, -0.2) is 4.68 Å². The maximum atomic E-state index is 13.3. The number of nitrogens with zero attached hydrogens (tertiary/aromatic N) is 4. The zero-order valence-electron chi connectivity index (χ0n) is 21.8. The summed E-state index contributed by atoms with van der Waals surface area (Å²) in [5.41, 5.74) is 7.23. The van der Waals surface area contributed by atoms with Crippen LogP contribution in [0, 0.1) is 6.92 Å². The van der Waals surface area contributed by atoms with Crippen LogP contribution in [0.3, 0.4) is 0 Å². The zero-order valence-corrected chi connectivity index (χ0v) is 21.8. The van der Waals surface area contributed by atoms with Crippen LogP contribution in [0.15, 0.2) is 54.6 Å². The van der Waals surface area contributed by atoms with Gasteiger partial charge in [-0.05, 0) is 71.5 Å². The van der Waals surface area contributed by atoms with E-state index in [1.807, 2.05) is 46.8 Å². The van der Waals surface area contributed by atoms with Crippen LogP contribution in [-0.4, -0.2) is 63.2 Å². The van der Waals surface area contributed by atoms with Crippen molar-refractivity contribution >= 4 is 22.9 Å². The van der Waals surface area contributed by atoms with Gasteiger partial charge in [0.2, 0.25) is 0 Å². The Morgan fingerprint density at radius 1 is 1.03 bits per heavy atom. The summed E-state index contributed by atoms with van der Waals surface area (Å²) in [5.74, 6) is -0.579. The van der Waals surface area contributed by atoms with E-state index in [1.165, 1.54) is 5.56 Å². The number of carboxylic acids is 1. The van der Waals surface area contributed by atoms with Gasteiger partial charge < -0.3 is 19.5 Å². The topological polar surface area (TPSA) is 107 Å². The number of ether oxygens (including phenoxy) is 2. The monoisotopic (exact) mass is 526 g/mol. The van der Waals surface area contributed by atoms with E-state index in [0.29, 0.717) is 50.8 Å². The number of benzene rings is 3. The Labute approximate surface area is 225 Å². The fourth-order valence-corrected chi connectivity index (χ4v) is 5.62. The second-order valence-electron chi connectivity index (χ2n) is 10.1. The van der Waals surface area contributed by atoms with E-state index in [9.17, 15) is 14.7 Å². The number of rotatable bonds is 2. The standard InChI is InChI=1S/C30H30N4O5/c1-19-25-8-9-27-29(19)31-32-34(27)12-13-38-14-15-39-24-6-4-21(5-7-24)30(37)33-11-10-20-2-3-22(16-23(20)18-33)26(25)17-28(35)36/h2-9,16,26H,10-15,17-18H2,1H3,(H,35,36). The molecule has 1 atom stereocenters. The number of aliphatic carboxylic acids is 1. The molecule has 9 bridgehead atoms. The minimum Gasteiger partial charge on any atom is -0.491 e. The van der Waals surface area contributed by atoms with E-state index in [1.54, 1.807) is 12.1 Å². The highest BCUT2D eigenvalue weighted by molar-refractivity contribution is 5.94. The fourth-order valence-electron chi connectivity index (χ4n) is 5.62. The lowest BCUT2D eigenvalue weighted by Gasteiger charge is -2.30. The van der Waals surface area contributed by atoms with Crippen LogP contribution in [0.5, 0.6) is 5.75 Å². The molecule has 0 radical (unpaired) electrons. The molecule has 0 saturated heterocycles. The van der Waals surface area contributed by atoms with Crippen molar-refractivity contribution in [1.82, 2.24) is 19.9 Å². The van der Waals surface area contributed by atoms with Crippen molar-refractivity contribution in [3.63, 3.8) is 0 Å². The number of hydrogen-bond acceptors (Lipinski definition) is 6. The molecule has 5 aliphatic heterocycles. The molecule has 0 fully saturated rings. The molecule has 4 aromatic rings. The first-order valence-electron chi connectivity index (χ1n) is 13.2. The highest BCUT2D eigenvalue weighted by atomic mass is 16.5. The molecule has 1 aromatic heterocycles. The summed E-state index contributed by atoms with van der Waals surface area (Å²) in [6.07, 6.45) is 0.699. The van der Waals surface area contributed by atoms with Gasteiger partial charge in [0, 0.05) is 24.6 Å². The quantitative estimate of drug-likeness (QED) is 0.421. The van der Waals surface area contributed by atoms with Gasteiger partial charge in [-0.15, -0.1) is 5.10 Å². The molecule has 5 aliphatic rings. The van der Waals surface area contributed by atoms with E-state index < -0.39 is 5.97 Å². The van der Waals surface area contributed by atoms with Crippen LogP contribution in [0.2, 0.25) is 0 Å². The van der Waals surface area contributed by atoms with Crippen LogP contribution in [0.4, 0.5) is 0 Å². The molecule has 9 rings (SSSR count). The van der Waals surface area contributed by atoms with Crippen molar-refractivity contribution in [3.8, 4) is 5.75 Å². The summed E-state index contributed by atoms with van der Waals surface area (Å²) >= 11 is 0. The normalized spacial score (nSPS) is 17.8. The highest BCUT2D eigenvalue weighted by Gasteiger charge is 2.26. The molecule has 0 aliphatic carbocycles. The number of hydrogen-bond donors (Lipinski definition) is 1. The Morgan fingerprint density at radius 2 is 1.87 bits per heavy atom. The molecule has 1 amide bonds. The summed E-state index contributed by atoms with van der Waals surface area (Å²) in [7, 11) is 0. The van der Waals surface area contributed by atoms with E-state index in [4.69, 9.17) is 9.47 Å². The van der Waals surface area contributed by atoms with Gasteiger partial charge >= 0.3 is 5.97 Å². The Balaban J connectivity index is 1.41. The van der Waals surface area contributed by atoms with Crippen LogP contribution >= 0.6 is 0 Å². The maximum Gasteiger partial charge on any atom is 0.304 e. The predicted octanol–water partition coefficient (Wildman–Crippen LogP) is 3.95. The summed E-state index contributed by atoms with van der Waals surface area (Å²) < 4.78 is 13.4. The van der Waals surface area contributed by atoms with Gasteiger partial charge in [0.05, 0.1) is 31.7 Å². The SMILES string of the molecule is Cc1c2ccc3c1nnn3CCOCCOc1ccc(cc1)C(=O)N1CCc3ccc(cc3C1)C2CC(=O)O. The molecule has 9 nitrogen and oxygen atoms in total. The first-order valence-corrected chi connectivity index (χ1v) is 13.2. The van der Waals surface area contributed by atoms with Crippen molar-refractivity contribution in [2.45, 2.75) is 38.8 Å². The number of amides is 1. The van der Waals surface area contributed by atoms with Gasteiger partial charge in [-0.1, -0.05) is 29.5 Å². The Morgan fingerprint density at radius 3 is 2.69 bits per heavy atom. The first kappa shape index (κ1) is 25.1. The van der Waals surface area contributed by atoms with E-state index in [0.717, 1.165) is 39.7 Å². The minimum atomic E-state index is -0.872. The van der Waals surface area contributed by atoms with Gasteiger partial charge in [0.1, 0.15) is 17.9 Å². The number of carbonyl (C=O) groups is 2. The largest absolute Gasteiger partial charge is 0.491 e. The first-order chi connectivity index (χ1) is 19.0. The van der Waals surface area contributed by atoms with E-state index in [-0.39, 0.29) is 18.2 Å². The number of aromatic nitrogens is 3. The molecule has 1 N–H and O–H groups in total. The molecule has 0 spiro atoms. The summed E-state index contributed by atoms with van der Waals surface area (Å²) in [4.78, 5) is 27.2. The Bertz CT molecular complexity index is 1550. The van der Waals surface area contributed by atoms with Crippen LogP contribution < -0.4 is 4.74 Å². The molecule has 3 aromatic carbocycles. The fraction of sp³-hybridized carbons (Fsp3) is 0.333. The van der Waals surface area contributed by atoms with Gasteiger partial charge in [-0.3, -0.25) is 9.59 Å².